The van der Waals surface area contributed by atoms with Crippen LogP contribution in [0.2, 0.25) is 0 Å². The highest BCUT2D eigenvalue weighted by Crippen LogP contribution is 2.22. The zero-order valence-corrected chi connectivity index (χ0v) is 25.3. The molecule has 0 heterocycles. The zero-order valence-electron chi connectivity index (χ0n) is 25.3. The molecule has 0 aliphatic carbocycles. The standard InChI is InChI=1S/C33H35F3N2O9/c34-33(35,36)12-1-13-44-28-9-5-24(6-10-28)32(41)47-29-7-2-23(3-8-29)4-11-30(39)45-18-16-42-14-15-43-17-19-46-31(40)25-20-26(37)22-27(38)21-25/h2-11,20-22H,1,12-19,37-38H2. The number of hydrogen-bond acceptors (Lipinski definition) is 11. The Hall–Kier alpha value is -5.08. The van der Waals surface area contributed by atoms with E-state index in [9.17, 15) is 27.6 Å². The zero-order chi connectivity index (χ0) is 34.1. The predicted molar refractivity (Wildman–Crippen MR) is 166 cm³/mol. The third-order valence-corrected chi connectivity index (χ3v) is 5.98. The number of esters is 3. The van der Waals surface area contributed by atoms with Crippen molar-refractivity contribution in [2.75, 3.05) is 57.7 Å². The van der Waals surface area contributed by atoms with Gasteiger partial charge in [0.05, 0.1) is 44.2 Å². The van der Waals surface area contributed by atoms with Gasteiger partial charge in [0.2, 0.25) is 0 Å². The second-order valence-corrected chi connectivity index (χ2v) is 9.80. The molecule has 3 aromatic carbocycles. The number of hydrogen-bond donors (Lipinski definition) is 2. The maximum Gasteiger partial charge on any atom is 0.389 e. The van der Waals surface area contributed by atoms with Crippen molar-refractivity contribution in [3.63, 3.8) is 0 Å². The number of ether oxygens (including phenoxy) is 6. The van der Waals surface area contributed by atoms with E-state index in [4.69, 9.17) is 39.9 Å². The van der Waals surface area contributed by atoms with Gasteiger partial charge in [-0.05, 0) is 72.7 Å². The van der Waals surface area contributed by atoms with E-state index in [1.54, 1.807) is 24.3 Å². The first kappa shape index (κ1) is 36.4. The van der Waals surface area contributed by atoms with Gasteiger partial charge in [0.15, 0.2) is 0 Å². The van der Waals surface area contributed by atoms with Gasteiger partial charge in [-0.15, -0.1) is 0 Å². The van der Waals surface area contributed by atoms with Crippen molar-refractivity contribution >= 4 is 35.4 Å². The molecule has 3 rings (SSSR count). The third kappa shape index (κ3) is 14.7. The quantitative estimate of drug-likeness (QED) is 0.0604. The molecule has 0 saturated carbocycles. The average molecular weight is 661 g/mol. The van der Waals surface area contributed by atoms with Gasteiger partial charge in [-0.25, -0.2) is 14.4 Å². The minimum Gasteiger partial charge on any atom is -0.494 e. The maximum atomic E-state index is 12.4. The van der Waals surface area contributed by atoms with Crippen LogP contribution in [0.4, 0.5) is 24.5 Å². The molecule has 0 atom stereocenters. The molecule has 4 N–H and O–H groups in total. The maximum absolute atomic E-state index is 12.4. The number of alkyl halides is 3. The van der Waals surface area contributed by atoms with Crippen LogP contribution >= 0.6 is 0 Å². The molecule has 0 aliphatic rings. The van der Waals surface area contributed by atoms with Gasteiger partial charge in [0.25, 0.3) is 0 Å². The Morgan fingerprint density at radius 3 is 1.85 bits per heavy atom. The molecule has 0 aliphatic heterocycles. The van der Waals surface area contributed by atoms with E-state index in [1.165, 1.54) is 54.6 Å². The first-order chi connectivity index (χ1) is 22.5. The summed E-state index contributed by atoms with van der Waals surface area (Å²) in [5, 5.41) is 0. The lowest BCUT2D eigenvalue weighted by atomic mass is 10.2. The predicted octanol–water partition coefficient (Wildman–Crippen LogP) is 5.24. The molecular formula is C33H35F3N2O9. The number of nitrogens with two attached hydrogens (primary N) is 2. The number of anilines is 2. The lowest BCUT2D eigenvalue weighted by Crippen LogP contribution is -2.15. The summed E-state index contributed by atoms with van der Waals surface area (Å²) in [7, 11) is 0. The molecule has 252 valence electrons. The van der Waals surface area contributed by atoms with Crippen molar-refractivity contribution in [1.29, 1.82) is 0 Å². The first-order valence-electron chi connectivity index (χ1n) is 14.4. The van der Waals surface area contributed by atoms with E-state index in [2.05, 4.69) is 0 Å². The van der Waals surface area contributed by atoms with Gasteiger partial charge >= 0.3 is 24.1 Å². The molecule has 0 amide bonds. The number of rotatable bonds is 18. The third-order valence-electron chi connectivity index (χ3n) is 5.98. The summed E-state index contributed by atoms with van der Waals surface area (Å²) in [4.78, 5) is 36.3. The van der Waals surface area contributed by atoms with Crippen LogP contribution in [0.3, 0.4) is 0 Å². The van der Waals surface area contributed by atoms with Crippen molar-refractivity contribution in [3.8, 4) is 11.5 Å². The molecule has 11 nitrogen and oxygen atoms in total. The molecule has 14 heteroatoms. The van der Waals surface area contributed by atoms with Crippen LogP contribution in [0.5, 0.6) is 11.5 Å². The fourth-order valence-electron chi connectivity index (χ4n) is 3.77. The van der Waals surface area contributed by atoms with Crippen molar-refractivity contribution in [2.24, 2.45) is 0 Å². The normalized spacial score (nSPS) is 11.3. The molecule has 3 aromatic rings. The van der Waals surface area contributed by atoms with Crippen molar-refractivity contribution in [1.82, 2.24) is 0 Å². The lowest BCUT2D eigenvalue weighted by molar-refractivity contribution is -0.139. The summed E-state index contributed by atoms with van der Waals surface area (Å²) in [6, 6.07) is 16.7. The Bertz CT molecular complexity index is 1460. The number of carbonyl (C=O) groups excluding carboxylic acids is 3. The van der Waals surface area contributed by atoms with Crippen LogP contribution in [-0.2, 0) is 23.7 Å². The van der Waals surface area contributed by atoms with Gasteiger partial charge in [-0.2, -0.15) is 13.2 Å². The first-order valence-corrected chi connectivity index (χ1v) is 14.4. The summed E-state index contributed by atoms with van der Waals surface area (Å²) in [6.45, 7) is 0.802. The van der Waals surface area contributed by atoms with E-state index < -0.39 is 30.5 Å². The van der Waals surface area contributed by atoms with Gasteiger partial charge in [0, 0.05) is 23.9 Å². The van der Waals surface area contributed by atoms with Crippen LogP contribution in [-0.4, -0.2) is 70.3 Å². The summed E-state index contributed by atoms with van der Waals surface area (Å²) in [6.07, 6.45) is -2.55. The average Bonchev–Trinajstić information content (AvgIpc) is 3.03. The Balaban J connectivity index is 1.23. The SMILES string of the molecule is Nc1cc(N)cc(C(=O)OCCOCCOCCOC(=O)C=Cc2ccc(OC(=O)c3ccc(OCCCC(F)(F)F)cc3)cc2)c1. The lowest BCUT2D eigenvalue weighted by Gasteiger charge is -2.09. The molecular weight excluding hydrogens is 625 g/mol. The van der Waals surface area contributed by atoms with Crippen molar-refractivity contribution in [3.05, 3.63) is 89.5 Å². The smallest absolute Gasteiger partial charge is 0.389 e. The molecule has 0 aromatic heterocycles. The number of halogens is 3. The van der Waals surface area contributed by atoms with Crippen molar-refractivity contribution in [2.45, 2.75) is 19.0 Å². The van der Waals surface area contributed by atoms with Gasteiger partial charge < -0.3 is 39.9 Å². The Morgan fingerprint density at radius 1 is 0.660 bits per heavy atom. The fourth-order valence-corrected chi connectivity index (χ4v) is 3.77. The molecule has 0 unspecified atom stereocenters. The van der Waals surface area contributed by atoms with Gasteiger partial charge in [-0.3, -0.25) is 0 Å². The minimum absolute atomic E-state index is 0.0319. The summed E-state index contributed by atoms with van der Waals surface area (Å²) in [5.74, 6) is -1.15. The van der Waals surface area contributed by atoms with E-state index in [0.717, 1.165) is 0 Å². The monoisotopic (exact) mass is 660 g/mol. The van der Waals surface area contributed by atoms with Crippen LogP contribution in [0, 0.1) is 0 Å². The summed E-state index contributed by atoms with van der Waals surface area (Å²) < 4.78 is 68.1. The van der Waals surface area contributed by atoms with Crippen LogP contribution in [0.15, 0.2) is 72.8 Å². The van der Waals surface area contributed by atoms with Crippen LogP contribution in [0.1, 0.15) is 39.1 Å². The highest BCUT2D eigenvalue weighted by Gasteiger charge is 2.26. The molecule has 47 heavy (non-hydrogen) atoms. The Labute approximate surface area is 269 Å². The molecule has 0 radical (unpaired) electrons. The minimum atomic E-state index is -4.23. The topological polar surface area (TPSA) is 159 Å². The summed E-state index contributed by atoms with van der Waals surface area (Å²) in [5.41, 5.74) is 13.2. The second kappa shape index (κ2) is 18.8. The summed E-state index contributed by atoms with van der Waals surface area (Å²) >= 11 is 0. The van der Waals surface area contributed by atoms with Crippen LogP contribution in [0.25, 0.3) is 6.08 Å². The second-order valence-electron chi connectivity index (χ2n) is 9.80. The number of benzene rings is 3. The highest BCUT2D eigenvalue weighted by atomic mass is 19.4. The molecule has 0 saturated heterocycles. The number of carbonyl (C=O) groups is 3. The van der Waals surface area contributed by atoms with Gasteiger partial charge in [0.1, 0.15) is 24.7 Å². The van der Waals surface area contributed by atoms with E-state index >= 15 is 0 Å². The molecule has 0 spiro atoms. The van der Waals surface area contributed by atoms with E-state index in [0.29, 0.717) is 22.7 Å². The van der Waals surface area contributed by atoms with Crippen LogP contribution < -0.4 is 20.9 Å². The number of nitrogen functional groups attached to an aromatic ring is 2. The Morgan fingerprint density at radius 2 is 1.23 bits per heavy atom. The highest BCUT2D eigenvalue weighted by molar-refractivity contribution is 5.92. The van der Waals surface area contributed by atoms with E-state index in [-0.39, 0.29) is 69.5 Å². The van der Waals surface area contributed by atoms with Gasteiger partial charge in [-0.1, -0.05) is 12.1 Å². The van der Waals surface area contributed by atoms with Crippen molar-refractivity contribution < 1.29 is 56.0 Å². The Kier molecular flexibility index (Phi) is 14.5. The molecule has 0 bridgehead atoms. The van der Waals surface area contributed by atoms with E-state index in [1.807, 2.05) is 0 Å². The molecule has 0 fully saturated rings. The largest absolute Gasteiger partial charge is 0.494 e. The fraction of sp³-hybridized carbons (Fsp3) is 0.303.